The zero-order valence-corrected chi connectivity index (χ0v) is 9.44. The second-order valence-electron chi connectivity index (χ2n) is 5.89. The van der Waals surface area contributed by atoms with Crippen molar-refractivity contribution in [1.29, 1.82) is 0 Å². The van der Waals surface area contributed by atoms with Gasteiger partial charge in [0.05, 0.1) is 0 Å². The van der Waals surface area contributed by atoms with Crippen molar-refractivity contribution >= 4 is 0 Å². The number of fused-ring (bicyclic) bond motifs is 1. The molecule has 1 unspecified atom stereocenters. The van der Waals surface area contributed by atoms with Crippen molar-refractivity contribution in [3.05, 3.63) is 12.2 Å². The molecule has 0 aromatic heterocycles. The number of hydrogen-bond acceptors (Lipinski definition) is 1. The quantitative estimate of drug-likeness (QED) is 0.540. The van der Waals surface area contributed by atoms with Crippen LogP contribution in [0.25, 0.3) is 0 Å². The molecule has 14 heavy (non-hydrogen) atoms. The van der Waals surface area contributed by atoms with Crippen LogP contribution in [-0.2, 0) is 0 Å². The summed E-state index contributed by atoms with van der Waals surface area (Å²) in [6.07, 6.45) is 1.04. The minimum Gasteiger partial charge on any atom is -0.290 e. The first-order valence-electron chi connectivity index (χ1n) is 5.41. The Hall–Kier alpha value is -0.370. The summed E-state index contributed by atoms with van der Waals surface area (Å²) in [5, 5.41) is 0. The molecule has 2 fully saturated rings. The first kappa shape index (κ1) is 10.2. The molecular formula is C12H20FN. The monoisotopic (exact) mass is 197 g/mol. The van der Waals surface area contributed by atoms with Crippen LogP contribution in [0.5, 0.6) is 0 Å². The highest BCUT2D eigenvalue weighted by Gasteiger charge is 2.55. The van der Waals surface area contributed by atoms with Gasteiger partial charge >= 0.3 is 0 Å². The summed E-state index contributed by atoms with van der Waals surface area (Å²) in [5.74, 6) is 0. The van der Waals surface area contributed by atoms with Crippen LogP contribution in [-0.4, -0.2) is 29.7 Å². The fourth-order valence-corrected chi connectivity index (χ4v) is 3.16. The van der Waals surface area contributed by atoms with Gasteiger partial charge in [0.15, 0.2) is 0 Å². The number of nitrogens with zero attached hydrogens (tertiary/aromatic N) is 1. The molecule has 0 radical (unpaired) electrons. The molecule has 2 heteroatoms. The molecule has 80 valence electrons. The van der Waals surface area contributed by atoms with Crippen LogP contribution in [0.1, 0.15) is 33.6 Å². The van der Waals surface area contributed by atoms with Crippen molar-refractivity contribution in [2.45, 2.75) is 45.3 Å². The molecule has 0 aromatic rings. The Morgan fingerprint density at radius 2 is 2.14 bits per heavy atom. The molecule has 1 nitrogen and oxygen atoms in total. The van der Waals surface area contributed by atoms with Crippen LogP contribution in [0, 0.1) is 5.41 Å². The van der Waals surface area contributed by atoms with Crippen LogP contribution >= 0.6 is 0 Å². The Labute approximate surface area is 86.0 Å². The highest BCUT2D eigenvalue weighted by Crippen LogP contribution is 2.51. The van der Waals surface area contributed by atoms with Crippen molar-refractivity contribution in [2.75, 3.05) is 13.1 Å². The molecule has 2 aliphatic heterocycles. The third-order valence-electron chi connectivity index (χ3n) is 3.94. The van der Waals surface area contributed by atoms with Crippen molar-refractivity contribution in [3.8, 4) is 0 Å². The Bertz CT molecular complexity index is 266. The van der Waals surface area contributed by atoms with E-state index in [0.717, 1.165) is 13.0 Å². The Morgan fingerprint density at radius 1 is 1.50 bits per heavy atom. The Kier molecular flexibility index (Phi) is 2.04. The lowest BCUT2D eigenvalue weighted by molar-refractivity contribution is 0.0639. The van der Waals surface area contributed by atoms with Gasteiger partial charge in [-0.1, -0.05) is 32.9 Å². The summed E-state index contributed by atoms with van der Waals surface area (Å²) in [4.78, 5) is 2.31. The summed E-state index contributed by atoms with van der Waals surface area (Å²) >= 11 is 0. The minimum atomic E-state index is -0.637. The summed E-state index contributed by atoms with van der Waals surface area (Å²) in [6.45, 7) is 12.2. The topological polar surface area (TPSA) is 3.24 Å². The first-order chi connectivity index (χ1) is 6.35. The maximum absolute atomic E-state index is 13.5. The zero-order valence-electron chi connectivity index (χ0n) is 9.44. The first-order valence-corrected chi connectivity index (χ1v) is 5.41. The van der Waals surface area contributed by atoms with Gasteiger partial charge < -0.3 is 0 Å². The van der Waals surface area contributed by atoms with Crippen LogP contribution in [0.3, 0.4) is 0 Å². The molecule has 2 saturated heterocycles. The average Bonchev–Trinajstić information content (AvgIpc) is 2.38. The smallest absolute Gasteiger partial charge is 0.115 e. The maximum atomic E-state index is 13.5. The fourth-order valence-electron chi connectivity index (χ4n) is 3.16. The van der Waals surface area contributed by atoms with Crippen LogP contribution in [0.2, 0.25) is 0 Å². The molecule has 2 aliphatic rings. The summed E-state index contributed by atoms with van der Waals surface area (Å²) < 4.78 is 13.5. The van der Waals surface area contributed by atoms with E-state index in [1.165, 1.54) is 5.57 Å². The van der Waals surface area contributed by atoms with Gasteiger partial charge in [-0.15, -0.1) is 0 Å². The van der Waals surface area contributed by atoms with Crippen molar-refractivity contribution in [3.63, 3.8) is 0 Å². The van der Waals surface area contributed by atoms with Crippen molar-refractivity contribution < 1.29 is 4.39 Å². The lowest BCUT2D eigenvalue weighted by atomic mass is 9.70. The van der Waals surface area contributed by atoms with E-state index >= 15 is 0 Å². The number of alkyl halides is 1. The van der Waals surface area contributed by atoms with Gasteiger partial charge in [0.25, 0.3) is 0 Å². The van der Waals surface area contributed by atoms with Gasteiger partial charge in [-0.05, 0) is 18.3 Å². The van der Waals surface area contributed by atoms with E-state index in [4.69, 9.17) is 0 Å². The second kappa shape index (κ2) is 2.82. The predicted molar refractivity (Wildman–Crippen MR) is 57.0 cm³/mol. The van der Waals surface area contributed by atoms with E-state index in [9.17, 15) is 4.39 Å². The minimum absolute atomic E-state index is 0.0451. The predicted octanol–water partition coefficient (Wildman–Crippen LogP) is 2.78. The third kappa shape index (κ3) is 1.23. The Morgan fingerprint density at radius 3 is 2.64 bits per heavy atom. The molecule has 0 saturated carbocycles. The zero-order chi connectivity index (χ0) is 10.6. The summed E-state index contributed by atoms with van der Waals surface area (Å²) in [6, 6.07) is 0. The number of rotatable bonds is 0. The average molecular weight is 197 g/mol. The van der Waals surface area contributed by atoms with Gasteiger partial charge in [0.2, 0.25) is 0 Å². The van der Waals surface area contributed by atoms with Gasteiger partial charge in [-0.2, -0.15) is 0 Å². The molecule has 0 aliphatic carbocycles. The number of halogens is 1. The van der Waals surface area contributed by atoms with Crippen molar-refractivity contribution in [2.24, 2.45) is 5.41 Å². The van der Waals surface area contributed by atoms with Gasteiger partial charge in [-0.25, -0.2) is 4.39 Å². The molecule has 0 N–H and O–H groups in total. The van der Waals surface area contributed by atoms with Crippen molar-refractivity contribution in [1.82, 2.24) is 4.90 Å². The lowest BCUT2D eigenvalue weighted by Crippen LogP contribution is -2.48. The van der Waals surface area contributed by atoms with Gasteiger partial charge in [0, 0.05) is 18.6 Å². The second-order valence-corrected chi connectivity index (χ2v) is 5.89. The SMILES string of the molecule is C=C1CN2C[C@H](F)CC2(C(C)(C)C)C1. The normalized spacial score (nSPS) is 39.1. The van der Waals surface area contributed by atoms with Gasteiger partial charge in [0.1, 0.15) is 6.17 Å². The summed E-state index contributed by atoms with van der Waals surface area (Å²) in [7, 11) is 0. The lowest BCUT2D eigenvalue weighted by Gasteiger charge is -2.43. The number of hydrogen-bond donors (Lipinski definition) is 0. The van der Waals surface area contributed by atoms with Gasteiger partial charge in [-0.3, -0.25) is 4.90 Å². The highest BCUT2D eigenvalue weighted by atomic mass is 19.1. The highest BCUT2D eigenvalue weighted by molar-refractivity contribution is 5.22. The van der Waals surface area contributed by atoms with Crippen LogP contribution in [0.15, 0.2) is 12.2 Å². The van der Waals surface area contributed by atoms with E-state index in [0.29, 0.717) is 13.0 Å². The van der Waals surface area contributed by atoms with Crippen LogP contribution < -0.4 is 0 Å². The molecule has 0 aromatic carbocycles. The third-order valence-corrected chi connectivity index (χ3v) is 3.94. The molecular weight excluding hydrogens is 177 g/mol. The van der Waals surface area contributed by atoms with E-state index in [2.05, 4.69) is 32.3 Å². The molecule has 2 heterocycles. The van der Waals surface area contributed by atoms with E-state index < -0.39 is 6.17 Å². The summed E-state index contributed by atoms with van der Waals surface area (Å²) in [5.41, 5.74) is 1.46. The van der Waals surface area contributed by atoms with E-state index in [-0.39, 0.29) is 11.0 Å². The molecule has 2 rings (SSSR count). The molecule has 2 atom stereocenters. The standard InChI is InChI=1S/C12H20FN/c1-9-5-12(11(2,3)4)6-10(13)8-14(12)7-9/h10H,1,5-8H2,2-4H3/t10-,12?/m1/s1. The largest absolute Gasteiger partial charge is 0.290 e. The molecule has 0 amide bonds. The van der Waals surface area contributed by atoms with E-state index in [1.807, 2.05) is 0 Å². The van der Waals surface area contributed by atoms with Crippen LogP contribution in [0.4, 0.5) is 4.39 Å². The fraction of sp³-hybridized carbons (Fsp3) is 0.833. The molecule has 0 spiro atoms. The maximum Gasteiger partial charge on any atom is 0.115 e. The molecule has 0 bridgehead atoms. The Balaban J connectivity index is 2.34. The van der Waals surface area contributed by atoms with E-state index in [1.54, 1.807) is 0 Å².